The molecule has 104 valence electrons. The molecule has 0 bridgehead atoms. The molecule has 3 rings (SSSR count). The number of imidazole rings is 1. The van der Waals surface area contributed by atoms with Gasteiger partial charge in [0.05, 0.1) is 6.20 Å². The number of aryl methyl sites for hydroxylation is 1. The SMILES string of the molecule is CNc1cn2ccnc2c(NCCc2nncn2C)n1. The van der Waals surface area contributed by atoms with E-state index in [2.05, 4.69) is 30.8 Å². The van der Waals surface area contributed by atoms with Gasteiger partial charge in [-0.2, -0.15) is 0 Å². The van der Waals surface area contributed by atoms with Gasteiger partial charge in [-0.1, -0.05) is 0 Å². The van der Waals surface area contributed by atoms with Crippen LogP contribution in [-0.4, -0.2) is 42.7 Å². The molecule has 3 aromatic heterocycles. The smallest absolute Gasteiger partial charge is 0.180 e. The summed E-state index contributed by atoms with van der Waals surface area (Å²) in [6, 6.07) is 0. The highest BCUT2D eigenvalue weighted by Crippen LogP contribution is 2.15. The Morgan fingerprint density at radius 1 is 1.35 bits per heavy atom. The second-order valence-electron chi connectivity index (χ2n) is 4.42. The molecule has 0 aliphatic carbocycles. The molecule has 0 aromatic carbocycles. The summed E-state index contributed by atoms with van der Waals surface area (Å²) in [5.41, 5.74) is 0.807. The Morgan fingerprint density at radius 2 is 2.25 bits per heavy atom. The van der Waals surface area contributed by atoms with Crippen LogP contribution in [-0.2, 0) is 13.5 Å². The van der Waals surface area contributed by atoms with E-state index in [-0.39, 0.29) is 0 Å². The van der Waals surface area contributed by atoms with E-state index in [0.717, 1.165) is 36.1 Å². The summed E-state index contributed by atoms with van der Waals surface area (Å²) in [4.78, 5) is 8.79. The number of anilines is 2. The van der Waals surface area contributed by atoms with Crippen LogP contribution >= 0.6 is 0 Å². The zero-order valence-electron chi connectivity index (χ0n) is 11.4. The minimum absolute atomic E-state index is 0.717. The van der Waals surface area contributed by atoms with Crippen LogP contribution < -0.4 is 10.6 Å². The van der Waals surface area contributed by atoms with Crippen LogP contribution in [0.15, 0.2) is 24.9 Å². The molecule has 0 spiro atoms. The molecule has 8 nitrogen and oxygen atoms in total. The van der Waals surface area contributed by atoms with Crippen molar-refractivity contribution in [3.05, 3.63) is 30.7 Å². The summed E-state index contributed by atoms with van der Waals surface area (Å²) in [6.07, 6.45) is 8.02. The average Bonchev–Trinajstić information content (AvgIpc) is 3.07. The van der Waals surface area contributed by atoms with E-state index < -0.39 is 0 Å². The van der Waals surface area contributed by atoms with E-state index in [9.17, 15) is 0 Å². The van der Waals surface area contributed by atoms with Crippen molar-refractivity contribution in [1.82, 2.24) is 29.1 Å². The van der Waals surface area contributed by atoms with Crippen molar-refractivity contribution in [3.8, 4) is 0 Å². The van der Waals surface area contributed by atoms with Crippen molar-refractivity contribution in [1.29, 1.82) is 0 Å². The first-order valence-electron chi connectivity index (χ1n) is 6.36. The highest BCUT2D eigenvalue weighted by molar-refractivity contribution is 5.65. The lowest BCUT2D eigenvalue weighted by molar-refractivity contribution is 0.787. The maximum Gasteiger partial charge on any atom is 0.180 e. The number of hydrogen-bond acceptors (Lipinski definition) is 6. The topological polar surface area (TPSA) is 85.0 Å². The molecular formula is C12H16N8. The monoisotopic (exact) mass is 272 g/mol. The number of fused-ring (bicyclic) bond motifs is 1. The molecule has 0 saturated heterocycles. The minimum atomic E-state index is 0.717. The molecule has 0 aliphatic heterocycles. The van der Waals surface area contributed by atoms with Gasteiger partial charge in [-0.15, -0.1) is 10.2 Å². The Bertz CT molecular complexity index is 713. The number of nitrogens with zero attached hydrogens (tertiary/aromatic N) is 6. The van der Waals surface area contributed by atoms with Crippen LogP contribution in [0.2, 0.25) is 0 Å². The Balaban J connectivity index is 1.76. The van der Waals surface area contributed by atoms with Gasteiger partial charge in [0.2, 0.25) is 0 Å². The summed E-state index contributed by atoms with van der Waals surface area (Å²) < 4.78 is 3.84. The molecule has 8 heteroatoms. The summed E-state index contributed by atoms with van der Waals surface area (Å²) in [6.45, 7) is 0.717. The molecule has 0 atom stereocenters. The molecule has 3 heterocycles. The predicted molar refractivity (Wildman–Crippen MR) is 75.7 cm³/mol. The van der Waals surface area contributed by atoms with Gasteiger partial charge in [0.15, 0.2) is 11.5 Å². The number of nitrogens with one attached hydrogen (secondary N) is 2. The summed E-state index contributed by atoms with van der Waals surface area (Å²) in [7, 11) is 3.77. The van der Waals surface area contributed by atoms with E-state index in [0.29, 0.717) is 0 Å². The van der Waals surface area contributed by atoms with Gasteiger partial charge in [-0.05, 0) is 0 Å². The molecule has 0 amide bonds. The van der Waals surface area contributed by atoms with Crippen molar-refractivity contribution in [2.75, 3.05) is 24.2 Å². The van der Waals surface area contributed by atoms with Gasteiger partial charge in [0.1, 0.15) is 18.0 Å². The molecule has 2 N–H and O–H groups in total. The first kappa shape index (κ1) is 12.4. The maximum atomic E-state index is 4.48. The molecule has 3 aromatic rings. The van der Waals surface area contributed by atoms with Crippen LogP contribution in [0.4, 0.5) is 11.6 Å². The fourth-order valence-corrected chi connectivity index (χ4v) is 2.00. The number of aromatic nitrogens is 6. The minimum Gasteiger partial charge on any atom is -0.372 e. The Kier molecular flexibility index (Phi) is 3.20. The van der Waals surface area contributed by atoms with Crippen LogP contribution in [0.3, 0.4) is 0 Å². The predicted octanol–water partition coefficient (Wildman–Crippen LogP) is 0.554. The Labute approximate surface area is 115 Å². The zero-order chi connectivity index (χ0) is 13.9. The summed E-state index contributed by atoms with van der Waals surface area (Å²) in [5, 5.41) is 14.2. The van der Waals surface area contributed by atoms with E-state index in [1.807, 2.05) is 35.5 Å². The third kappa shape index (κ3) is 2.27. The van der Waals surface area contributed by atoms with E-state index in [1.165, 1.54) is 0 Å². The molecule has 20 heavy (non-hydrogen) atoms. The van der Waals surface area contributed by atoms with Crippen LogP contribution in [0.1, 0.15) is 5.82 Å². The first-order chi connectivity index (χ1) is 9.78. The van der Waals surface area contributed by atoms with Gasteiger partial charge in [-0.25, -0.2) is 9.97 Å². The Morgan fingerprint density at radius 3 is 3.00 bits per heavy atom. The fraction of sp³-hybridized carbons (Fsp3) is 0.333. The van der Waals surface area contributed by atoms with Crippen molar-refractivity contribution in [2.24, 2.45) is 7.05 Å². The molecule has 0 radical (unpaired) electrons. The van der Waals surface area contributed by atoms with Gasteiger partial charge in [0.25, 0.3) is 0 Å². The van der Waals surface area contributed by atoms with E-state index in [1.54, 1.807) is 12.5 Å². The third-order valence-electron chi connectivity index (χ3n) is 3.08. The normalized spacial score (nSPS) is 10.9. The van der Waals surface area contributed by atoms with Crippen LogP contribution in [0.5, 0.6) is 0 Å². The van der Waals surface area contributed by atoms with Gasteiger partial charge in [0, 0.05) is 39.5 Å². The number of hydrogen-bond donors (Lipinski definition) is 2. The lowest BCUT2D eigenvalue weighted by Crippen LogP contribution is -2.11. The fourth-order valence-electron chi connectivity index (χ4n) is 2.00. The largest absolute Gasteiger partial charge is 0.372 e. The second-order valence-corrected chi connectivity index (χ2v) is 4.42. The molecule has 0 unspecified atom stereocenters. The summed E-state index contributed by atoms with van der Waals surface area (Å²) >= 11 is 0. The van der Waals surface area contributed by atoms with Crippen LogP contribution in [0, 0.1) is 0 Å². The van der Waals surface area contributed by atoms with Gasteiger partial charge >= 0.3 is 0 Å². The van der Waals surface area contributed by atoms with Crippen molar-refractivity contribution in [3.63, 3.8) is 0 Å². The molecule has 0 aliphatic rings. The second kappa shape index (κ2) is 5.16. The molecule has 0 saturated carbocycles. The van der Waals surface area contributed by atoms with E-state index in [4.69, 9.17) is 0 Å². The van der Waals surface area contributed by atoms with Crippen LogP contribution in [0.25, 0.3) is 5.65 Å². The van der Waals surface area contributed by atoms with Crippen molar-refractivity contribution in [2.45, 2.75) is 6.42 Å². The third-order valence-corrected chi connectivity index (χ3v) is 3.08. The lowest BCUT2D eigenvalue weighted by atomic mass is 10.4. The maximum absolute atomic E-state index is 4.48. The Hall–Kier alpha value is -2.64. The summed E-state index contributed by atoms with van der Waals surface area (Å²) in [5.74, 6) is 2.47. The molecule has 0 fully saturated rings. The van der Waals surface area contributed by atoms with Crippen molar-refractivity contribution < 1.29 is 0 Å². The van der Waals surface area contributed by atoms with Crippen molar-refractivity contribution >= 4 is 17.3 Å². The molecular weight excluding hydrogens is 256 g/mol. The number of rotatable bonds is 5. The zero-order valence-corrected chi connectivity index (χ0v) is 11.4. The average molecular weight is 272 g/mol. The quantitative estimate of drug-likeness (QED) is 0.705. The standard InChI is InChI=1S/C12H16N8/c1-13-9-7-20-6-5-15-12(20)11(17-9)14-4-3-10-18-16-8-19(10)2/h5-8,13H,3-4H2,1-2H3,(H,14,17). The first-order valence-corrected chi connectivity index (χ1v) is 6.36. The van der Waals surface area contributed by atoms with Gasteiger partial charge in [-0.3, -0.25) is 0 Å². The lowest BCUT2D eigenvalue weighted by Gasteiger charge is -2.09. The highest BCUT2D eigenvalue weighted by Gasteiger charge is 2.07. The highest BCUT2D eigenvalue weighted by atomic mass is 15.2. The van der Waals surface area contributed by atoms with E-state index >= 15 is 0 Å². The van der Waals surface area contributed by atoms with Gasteiger partial charge < -0.3 is 19.6 Å².